The Morgan fingerprint density at radius 2 is 2.03 bits per heavy atom. The quantitative estimate of drug-likeness (QED) is 0.625. The monoisotopic (exact) mass is 412 g/mol. The van der Waals surface area contributed by atoms with E-state index in [1.165, 1.54) is 31.3 Å². The molecule has 29 heavy (non-hydrogen) atoms. The number of amides is 2. The molecule has 0 aliphatic carbocycles. The maximum absolute atomic E-state index is 14.0. The molecule has 9 heteroatoms. The average molecular weight is 412 g/mol. The van der Waals surface area contributed by atoms with Crippen LogP contribution in [0.3, 0.4) is 0 Å². The van der Waals surface area contributed by atoms with Crippen molar-refractivity contribution in [2.24, 2.45) is 5.92 Å². The van der Waals surface area contributed by atoms with Crippen LogP contribution in [-0.2, 0) is 30.4 Å². The van der Waals surface area contributed by atoms with E-state index in [9.17, 15) is 23.2 Å². The zero-order valence-corrected chi connectivity index (χ0v) is 16.7. The lowest BCUT2D eigenvalue weighted by atomic mass is 10.0. The van der Waals surface area contributed by atoms with Gasteiger partial charge in [-0.25, -0.2) is 8.78 Å². The minimum atomic E-state index is -0.995. The normalized spacial score (nSPS) is 18.4. The number of likely N-dealkylation sites (tertiary alicyclic amines) is 1. The molecular weight excluding hydrogens is 386 g/mol. The number of halogens is 2. The van der Waals surface area contributed by atoms with Crippen molar-refractivity contribution < 1.29 is 32.6 Å². The smallest absolute Gasteiger partial charge is 0.313 e. The Morgan fingerprint density at radius 3 is 2.69 bits per heavy atom. The maximum Gasteiger partial charge on any atom is 0.313 e. The first-order valence-corrected chi connectivity index (χ1v) is 9.38. The summed E-state index contributed by atoms with van der Waals surface area (Å²) in [5, 5.41) is 2.67. The zero-order valence-electron chi connectivity index (χ0n) is 16.7. The van der Waals surface area contributed by atoms with E-state index in [4.69, 9.17) is 9.47 Å². The third kappa shape index (κ3) is 5.72. The van der Waals surface area contributed by atoms with Crippen molar-refractivity contribution in [2.75, 3.05) is 20.8 Å². The van der Waals surface area contributed by atoms with Gasteiger partial charge in [0.25, 0.3) is 0 Å². The molecule has 7 nitrogen and oxygen atoms in total. The predicted molar refractivity (Wildman–Crippen MR) is 99.5 cm³/mol. The second kappa shape index (κ2) is 10.3. The molecule has 1 aliphatic heterocycles. The second-order valence-electron chi connectivity index (χ2n) is 7.01. The molecule has 1 saturated heterocycles. The Labute approximate surface area is 168 Å². The van der Waals surface area contributed by atoms with Crippen molar-refractivity contribution in [1.29, 1.82) is 0 Å². The highest BCUT2D eigenvalue weighted by Crippen LogP contribution is 2.25. The van der Waals surface area contributed by atoms with Crippen LogP contribution in [0.15, 0.2) is 18.2 Å². The molecule has 1 heterocycles. The van der Waals surface area contributed by atoms with Gasteiger partial charge in [-0.15, -0.1) is 0 Å². The Hall–Kier alpha value is -2.55. The van der Waals surface area contributed by atoms with Crippen LogP contribution in [0.2, 0.25) is 0 Å². The molecule has 2 rings (SSSR count). The molecule has 3 atom stereocenters. The van der Waals surface area contributed by atoms with Crippen LogP contribution < -0.4 is 5.32 Å². The van der Waals surface area contributed by atoms with Gasteiger partial charge in [0.15, 0.2) is 11.6 Å². The van der Waals surface area contributed by atoms with Crippen LogP contribution in [0.5, 0.6) is 0 Å². The van der Waals surface area contributed by atoms with Gasteiger partial charge in [0, 0.05) is 44.6 Å². The molecule has 0 saturated carbocycles. The molecule has 0 spiro atoms. The van der Waals surface area contributed by atoms with Crippen molar-refractivity contribution in [3.8, 4) is 0 Å². The zero-order chi connectivity index (χ0) is 21.6. The largest absolute Gasteiger partial charge is 0.469 e. The third-order valence-corrected chi connectivity index (χ3v) is 5.21. The summed E-state index contributed by atoms with van der Waals surface area (Å²) in [5.74, 6) is -3.72. The van der Waals surface area contributed by atoms with E-state index < -0.39 is 35.7 Å². The number of esters is 1. The van der Waals surface area contributed by atoms with Gasteiger partial charge in [0.1, 0.15) is 0 Å². The molecular formula is C20H26F2N2O5. The molecule has 160 valence electrons. The molecule has 0 bridgehead atoms. The lowest BCUT2D eigenvalue weighted by molar-refractivity contribution is -0.149. The molecule has 1 aromatic carbocycles. The van der Waals surface area contributed by atoms with E-state index in [2.05, 4.69) is 5.32 Å². The highest BCUT2D eigenvalue weighted by atomic mass is 19.2. The number of carbonyl (C=O) groups is 3. The lowest BCUT2D eigenvalue weighted by Crippen LogP contribution is -2.42. The fourth-order valence-electron chi connectivity index (χ4n) is 3.34. The van der Waals surface area contributed by atoms with Gasteiger partial charge in [-0.05, 0) is 19.4 Å². The number of hydrogen-bond donors (Lipinski definition) is 1. The average Bonchev–Trinajstić information content (AvgIpc) is 3.04. The summed E-state index contributed by atoms with van der Waals surface area (Å²) in [6.45, 7) is 1.62. The van der Waals surface area contributed by atoms with E-state index in [0.717, 1.165) is 6.07 Å². The van der Waals surface area contributed by atoms with Crippen LogP contribution in [0.25, 0.3) is 0 Å². The summed E-state index contributed by atoms with van der Waals surface area (Å²) >= 11 is 0. The number of benzene rings is 1. The Balaban J connectivity index is 1.98. The van der Waals surface area contributed by atoms with Crippen LogP contribution >= 0.6 is 0 Å². The second-order valence-corrected chi connectivity index (χ2v) is 7.01. The first kappa shape index (κ1) is 22.7. The number of methoxy groups -OCH3 is 2. The summed E-state index contributed by atoms with van der Waals surface area (Å²) in [5.41, 5.74) is 0.0605. The minimum absolute atomic E-state index is 0.00205. The molecule has 1 aliphatic rings. The molecule has 1 N–H and O–H groups in total. The Bertz CT molecular complexity index is 758. The SMILES string of the molecule is COC(=O)C(CNC(=O)C[C@@H]1CCC(=O)N1Cc1cccc(F)c1F)[C@@H](C)OC. The predicted octanol–water partition coefficient (Wildman–Crippen LogP) is 1.79. The number of rotatable bonds is 9. The van der Waals surface area contributed by atoms with Gasteiger partial charge in [-0.2, -0.15) is 0 Å². The first-order valence-electron chi connectivity index (χ1n) is 9.38. The molecule has 0 radical (unpaired) electrons. The maximum atomic E-state index is 14.0. The third-order valence-electron chi connectivity index (χ3n) is 5.21. The van der Waals surface area contributed by atoms with Gasteiger partial charge in [-0.1, -0.05) is 12.1 Å². The van der Waals surface area contributed by atoms with Gasteiger partial charge in [0.2, 0.25) is 11.8 Å². The summed E-state index contributed by atoms with van der Waals surface area (Å²) in [6.07, 6.45) is 0.222. The number of carbonyl (C=O) groups excluding carboxylic acids is 3. The topological polar surface area (TPSA) is 84.9 Å². The molecule has 1 aromatic rings. The number of nitrogens with one attached hydrogen (secondary N) is 1. The molecule has 0 aromatic heterocycles. The van der Waals surface area contributed by atoms with E-state index in [1.54, 1.807) is 6.92 Å². The van der Waals surface area contributed by atoms with Crippen molar-refractivity contribution >= 4 is 17.8 Å². The number of nitrogens with zero attached hydrogens (tertiary/aromatic N) is 1. The van der Waals surface area contributed by atoms with Crippen molar-refractivity contribution in [3.05, 3.63) is 35.4 Å². The first-order chi connectivity index (χ1) is 13.8. The molecule has 1 unspecified atom stereocenters. The van der Waals surface area contributed by atoms with Gasteiger partial charge >= 0.3 is 5.97 Å². The Kier molecular flexibility index (Phi) is 8.07. The van der Waals surface area contributed by atoms with Crippen LogP contribution in [0, 0.1) is 17.6 Å². The highest BCUT2D eigenvalue weighted by Gasteiger charge is 2.34. The lowest BCUT2D eigenvalue weighted by Gasteiger charge is -2.25. The standard InChI is InChI=1S/C20H26F2N2O5/c1-12(28-2)15(20(27)29-3)10-23-17(25)9-14-7-8-18(26)24(14)11-13-5-4-6-16(21)19(13)22/h4-6,12,14-15H,7-11H2,1-3H3,(H,23,25)/t12-,14+,15?/m1/s1. The fraction of sp³-hybridized carbons (Fsp3) is 0.550. The number of hydrogen-bond acceptors (Lipinski definition) is 5. The molecule has 1 fully saturated rings. The van der Waals surface area contributed by atoms with Crippen LogP contribution in [-0.4, -0.2) is 55.6 Å². The summed E-state index contributed by atoms with van der Waals surface area (Å²) < 4.78 is 37.3. The van der Waals surface area contributed by atoms with Gasteiger partial charge in [-0.3, -0.25) is 14.4 Å². The van der Waals surface area contributed by atoms with Gasteiger partial charge in [0.05, 0.1) is 19.1 Å². The fourth-order valence-corrected chi connectivity index (χ4v) is 3.34. The van der Waals surface area contributed by atoms with E-state index in [-0.39, 0.29) is 43.3 Å². The number of ether oxygens (including phenoxy) is 2. The van der Waals surface area contributed by atoms with Crippen LogP contribution in [0.4, 0.5) is 8.78 Å². The van der Waals surface area contributed by atoms with E-state index in [1.807, 2.05) is 0 Å². The van der Waals surface area contributed by atoms with Crippen molar-refractivity contribution in [2.45, 2.75) is 44.9 Å². The van der Waals surface area contributed by atoms with E-state index in [0.29, 0.717) is 6.42 Å². The van der Waals surface area contributed by atoms with Crippen molar-refractivity contribution in [1.82, 2.24) is 10.2 Å². The van der Waals surface area contributed by atoms with Crippen LogP contribution in [0.1, 0.15) is 31.7 Å². The minimum Gasteiger partial charge on any atom is -0.469 e. The highest BCUT2D eigenvalue weighted by molar-refractivity contribution is 5.82. The summed E-state index contributed by atoms with van der Waals surface area (Å²) in [4.78, 5) is 37.8. The molecule has 2 amide bonds. The van der Waals surface area contributed by atoms with Gasteiger partial charge < -0.3 is 19.7 Å². The van der Waals surface area contributed by atoms with E-state index >= 15 is 0 Å². The Morgan fingerprint density at radius 1 is 1.31 bits per heavy atom. The van der Waals surface area contributed by atoms with Crippen molar-refractivity contribution in [3.63, 3.8) is 0 Å². The summed E-state index contributed by atoms with van der Waals surface area (Å²) in [7, 11) is 2.71. The summed E-state index contributed by atoms with van der Waals surface area (Å²) in [6, 6.07) is 3.37.